The van der Waals surface area contributed by atoms with Crippen molar-refractivity contribution in [1.29, 1.82) is 0 Å². The summed E-state index contributed by atoms with van der Waals surface area (Å²) in [4.78, 5) is 6.22. The lowest BCUT2D eigenvalue weighted by molar-refractivity contribution is 0.655. The number of fused-ring (bicyclic) bond motifs is 1. The van der Waals surface area contributed by atoms with E-state index in [0.29, 0.717) is 0 Å². The van der Waals surface area contributed by atoms with E-state index in [2.05, 4.69) is 11.6 Å². The number of aromatic nitrogens is 1. The molecule has 0 bridgehead atoms. The number of hydrogen-bond acceptors (Lipinski definition) is 2. The molecule has 0 aliphatic carbocycles. The Hall–Kier alpha value is -1.57. The van der Waals surface area contributed by atoms with E-state index in [1.54, 1.807) is 6.20 Å². The van der Waals surface area contributed by atoms with Gasteiger partial charge in [-0.2, -0.15) is 0 Å². The molecule has 0 fully saturated rings. The zero-order valence-corrected chi connectivity index (χ0v) is 6.99. The molecule has 0 spiro atoms. The van der Waals surface area contributed by atoms with Gasteiger partial charge in [-0.25, -0.2) is 0 Å². The molecule has 2 heteroatoms. The summed E-state index contributed by atoms with van der Waals surface area (Å²) in [5, 5.41) is 0. The van der Waals surface area contributed by atoms with Crippen molar-refractivity contribution in [2.75, 3.05) is 7.05 Å². The summed E-state index contributed by atoms with van der Waals surface area (Å²) in [6, 6.07) is 3.96. The van der Waals surface area contributed by atoms with Crippen LogP contribution in [0.5, 0.6) is 0 Å². The van der Waals surface area contributed by atoms with Crippen LogP contribution in [0.15, 0.2) is 31.1 Å². The Morgan fingerprint density at radius 1 is 1.50 bits per heavy atom. The van der Waals surface area contributed by atoms with Crippen LogP contribution in [0.2, 0.25) is 0 Å². The molecule has 1 aromatic rings. The van der Waals surface area contributed by atoms with Gasteiger partial charge in [0.2, 0.25) is 0 Å². The van der Waals surface area contributed by atoms with Crippen LogP contribution < -0.4 is 0 Å². The number of hydrogen-bond donors (Lipinski definition) is 0. The van der Waals surface area contributed by atoms with Crippen molar-refractivity contribution in [3.63, 3.8) is 0 Å². The minimum absolute atomic E-state index is 1.00. The van der Waals surface area contributed by atoms with Crippen LogP contribution in [-0.2, 0) is 0 Å². The van der Waals surface area contributed by atoms with Gasteiger partial charge in [-0.3, -0.25) is 4.98 Å². The zero-order chi connectivity index (χ0) is 8.55. The Labute approximate surface area is 71.9 Å². The second-order valence-corrected chi connectivity index (χ2v) is 2.81. The molecule has 60 valence electrons. The molecule has 0 radical (unpaired) electrons. The maximum Gasteiger partial charge on any atom is 0.0737 e. The van der Waals surface area contributed by atoms with Gasteiger partial charge in [-0.1, -0.05) is 6.58 Å². The standard InChI is InChI=1S/C10H10N2/c1-8-9-4-3-6-11-10(9)5-7-12(8)2/h3-7H,1H2,2H3. The lowest BCUT2D eigenvalue weighted by Gasteiger charge is -2.22. The Morgan fingerprint density at radius 2 is 2.33 bits per heavy atom. The largest absolute Gasteiger partial charge is 0.351 e. The van der Waals surface area contributed by atoms with Crippen LogP contribution >= 0.6 is 0 Å². The van der Waals surface area contributed by atoms with E-state index in [1.807, 2.05) is 36.4 Å². The SMILES string of the molecule is C=C1c2cccnc2C=CN1C. The van der Waals surface area contributed by atoms with Crippen molar-refractivity contribution in [2.45, 2.75) is 0 Å². The predicted molar refractivity (Wildman–Crippen MR) is 50.1 cm³/mol. The smallest absolute Gasteiger partial charge is 0.0737 e. The molecule has 12 heavy (non-hydrogen) atoms. The summed E-state index contributed by atoms with van der Waals surface area (Å²) in [5.41, 5.74) is 3.11. The van der Waals surface area contributed by atoms with Crippen molar-refractivity contribution in [2.24, 2.45) is 0 Å². The fourth-order valence-electron chi connectivity index (χ4n) is 1.26. The highest BCUT2D eigenvalue weighted by Gasteiger charge is 2.11. The zero-order valence-electron chi connectivity index (χ0n) is 6.99. The van der Waals surface area contributed by atoms with E-state index in [1.165, 1.54) is 0 Å². The normalized spacial score (nSPS) is 14.8. The van der Waals surface area contributed by atoms with E-state index >= 15 is 0 Å². The van der Waals surface area contributed by atoms with Crippen molar-refractivity contribution in [3.8, 4) is 0 Å². The first-order chi connectivity index (χ1) is 5.79. The highest BCUT2D eigenvalue weighted by molar-refractivity contribution is 5.74. The first-order valence-corrected chi connectivity index (χ1v) is 3.84. The molecule has 2 rings (SSSR count). The molecule has 1 aliphatic rings. The van der Waals surface area contributed by atoms with Gasteiger partial charge in [0.05, 0.1) is 5.69 Å². The van der Waals surface area contributed by atoms with Crippen LogP contribution in [-0.4, -0.2) is 16.9 Å². The third-order valence-corrected chi connectivity index (χ3v) is 2.03. The molecule has 0 N–H and O–H groups in total. The van der Waals surface area contributed by atoms with E-state index in [-0.39, 0.29) is 0 Å². The van der Waals surface area contributed by atoms with Gasteiger partial charge in [0, 0.05) is 30.7 Å². The maximum atomic E-state index is 4.23. The molecule has 1 aliphatic heterocycles. The quantitative estimate of drug-likeness (QED) is 0.573. The van der Waals surface area contributed by atoms with Gasteiger partial charge in [0.15, 0.2) is 0 Å². The second kappa shape index (κ2) is 2.48. The van der Waals surface area contributed by atoms with Gasteiger partial charge >= 0.3 is 0 Å². The summed E-state index contributed by atoms with van der Waals surface area (Å²) < 4.78 is 0. The Bertz CT molecular complexity index is 353. The van der Waals surface area contributed by atoms with Crippen LogP contribution in [0.3, 0.4) is 0 Å². The molecule has 0 amide bonds. The van der Waals surface area contributed by atoms with E-state index in [4.69, 9.17) is 0 Å². The summed E-state index contributed by atoms with van der Waals surface area (Å²) in [6.07, 6.45) is 5.75. The van der Waals surface area contributed by atoms with Gasteiger partial charge in [0.1, 0.15) is 0 Å². The van der Waals surface area contributed by atoms with Crippen LogP contribution in [0.4, 0.5) is 0 Å². The minimum Gasteiger partial charge on any atom is -0.351 e. The Morgan fingerprint density at radius 3 is 3.17 bits per heavy atom. The Kier molecular flexibility index (Phi) is 1.47. The van der Waals surface area contributed by atoms with E-state index < -0.39 is 0 Å². The van der Waals surface area contributed by atoms with Gasteiger partial charge in [0.25, 0.3) is 0 Å². The van der Waals surface area contributed by atoms with Gasteiger partial charge in [-0.05, 0) is 18.2 Å². The van der Waals surface area contributed by atoms with Gasteiger partial charge in [-0.15, -0.1) is 0 Å². The average molecular weight is 158 g/mol. The van der Waals surface area contributed by atoms with Crippen LogP contribution in [0.25, 0.3) is 11.8 Å². The van der Waals surface area contributed by atoms with E-state index in [0.717, 1.165) is 17.0 Å². The summed E-state index contributed by atoms with van der Waals surface area (Å²) in [6.45, 7) is 3.97. The average Bonchev–Trinajstić information content (AvgIpc) is 2.12. The van der Waals surface area contributed by atoms with Crippen molar-refractivity contribution in [3.05, 3.63) is 42.4 Å². The fraction of sp³-hybridized carbons (Fsp3) is 0.100. The molecule has 2 heterocycles. The second-order valence-electron chi connectivity index (χ2n) is 2.81. The number of pyridine rings is 1. The van der Waals surface area contributed by atoms with E-state index in [9.17, 15) is 0 Å². The molecule has 0 aromatic carbocycles. The highest BCUT2D eigenvalue weighted by atomic mass is 15.1. The predicted octanol–water partition coefficient (Wildman–Crippen LogP) is 1.97. The fourth-order valence-corrected chi connectivity index (χ4v) is 1.26. The monoisotopic (exact) mass is 158 g/mol. The summed E-state index contributed by atoms with van der Waals surface area (Å²) >= 11 is 0. The number of rotatable bonds is 0. The first kappa shape index (κ1) is 7.10. The van der Waals surface area contributed by atoms with Gasteiger partial charge < -0.3 is 4.90 Å². The molecule has 0 unspecified atom stereocenters. The molecule has 0 atom stereocenters. The molecular formula is C10H10N2. The number of nitrogens with zero attached hydrogens (tertiary/aromatic N) is 2. The van der Waals surface area contributed by atoms with Crippen LogP contribution in [0, 0.1) is 0 Å². The topological polar surface area (TPSA) is 16.1 Å². The third kappa shape index (κ3) is 0.925. The third-order valence-electron chi connectivity index (χ3n) is 2.03. The van der Waals surface area contributed by atoms with Crippen LogP contribution in [0.1, 0.15) is 11.3 Å². The molecule has 1 aromatic heterocycles. The molecule has 0 saturated heterocycles. The summed E-state index contributed by atoms with van der Waals surface area (Å²) in [7, 11) is 1.98. The van der Waals surface area contributed by atoms with Crippen molar-refractivity contribution < 1.29 is 0 Å². The van der Waals surface area contributed by atoms with Crippen molar-refractivity contribution >= 4 is 11.8 Å². The Balaban J connectivity index is 2.59. The minimum atomic E-state index is 1.00. The maximum absolute atomic E-state index is 4.23. The lowest BCUT2D eigenvalue weighted by atomic mass is 10.1. The lowest BCUT2D eigenvalue weighted by Crippen LogP contribution is -2.12. The molecule has 0 saturated carbocycles. The molecular weight excluding hydrogens is 148 g/mol. The first-order valence-electron chi connectivity index (χ1n) is 3.84. The van der Waals surface area contributed by atoms with Crippen molar-refractivity contribution in [1.82, 2.24) is 9.88 Å². The highest BCUT2D eigenvalue weighted by Crippen LogP contribution is 2.24. The summed E-state index contributed by atoms with van der Waals surface area (Å²) in [5.74, 6) is 0. The molecule has 2 nitrogen and oxygen atoms in total.